The second-order valence-electron chi connectivity index (χ2n) is 5.81. The van der Waals surface area contributed by atoms with Gasteiger partial charge in [0.15, 0.2) is 0 Å². The highest BCUT2D eigenvalue weighted by molar-refractivity contribution is 5.76. The van der Waals surface area contributed by atoms with Gasteiger partial charge in [-0.1, -0.05) is 12.1 Å². The molecular formula is C16H25N3O. The number of likely N-dealkylation sites (N-methyl/N-ethyl adjacent to an activating group) is 2. The van der Waals surface area contributed by atoms with E-state index in [1.807, 2.05) is 36.2 Å². The fourth-order valence-corrected chi connectivity index (χ4v) is 2.84. The molecule has 2 rings (SSSR count). The quantitative estimate of drug-likeness (QED) is 0.852. The number of aryl methyl sites for hydroxylation is 1. The van der Waals surface area contributed by atoms with Crippen LogP contribution in [0.25, 0.3) is 0 Å². The number of hydrogen-bond donors (Lipinski definition) is 1. The van der Waals surface area contributed by atoms with Crippen molar-refractivity contribution in [2.75, 3.05) is 32.9 Å². The van der Waals surface area contributed by atoms with Gasteiger partial charge in [0, 0.05) is 31.7 Å². The summed E-state index contributed by atoms with van der Waals surface area (Å²) in [6, 6.07) is 8.14. The molecule has 1 amide bonds. The second kappa shape index (κ2) is 6.75. The standard InChI is InChI=1S/C16H25N3O/c1-18-10-4-7-15(12-18)19(2)16(20)9-8-13-5-3-6-14(17)11-13/h3,5-6,11,15H,4,7-10,12,17H2,1-2H3. The Morgan fingerprint density at radius 2 is 2.30 bits per heavy atom. The third-order valence-corrected chi connectivity index (χ3v) is 4.12. The minimum atomic E-state index is 0.229. The number of benzene rings is 1. The van der Waals surface area contributed by atoms with Crippen LogP contribution in [0.5, 0.6) is 0 Å². The molecule has 1 aromatic rings. The summed E-state index contributed by atoms with van der Waals surface area (Å²) >= 11 is 0. The van der Waals surface area contributed by atoms with Crippen LogP contribution in [0.2, 0.25) is 0 Å². The maximum atomic E-state index is 12.3. The molecule has 1 unspecified atom stereocenters. The molecule has 1 atom stereocenters. The van der Waals surface area contributed by atoms with Gasteiger partial charge in [0.2, 0.25) is 5.91 Å². The summed E-state index contributed by atoms with van der Waals surface area (Å²) in [5.41, 5.74) is 7.65. The van der Waals surface area contributed by atoms with E-state index in [-0.39, 0.29) is 5.91 Å². The summed E-state index contributed by atoms with van der Waals surface area (Å²) in [4.78, 5) is 16.5. The lowest BCUT2D eigenvalue weighted by molar-refractivity contribution is -0.132. The molecule has 1 saturated heterocycles. The number of piperidine rings is 1. The van der Waals surface area contributed by atoms with Crippen molar-refractivity contribution in [1.82, 2.24) is 9.80 Å². The van der Waals surface area contributed by atoms with Gasteiger partial charge < -0.3 is 15.5 Å². The van der Waals surface area contributed by atoms with Gasteiger partial charge in [0.1, 0.15) is 0 Å². The lowest BCUT2D eigenvalue weighted by Gasteiger charge is -2.36. The van der Waals surface area contributed by atoms with Crippen molar-refractivity contribution in [2.45, 2.75) is 31.7 Å². The maximum Gasteiger partial charge on any atom is 0.222 e. The minimum absolute atomic E-state index is 0.229. The largest absolute Gasteiger partial charge is 0.399 e. The molecule has 1 heterocycles. The van der Waals surface area contributed by atoms with Crippen LogP contribution in [0.15, 0.2) is 24.3 Å². The van der Waals surface area contributed by atoms with Crippen molar-refractivity contribution in [3.8, 4) is 0 Å². The smallest absolute Gasteiger partial charge is 0.222 e. The Morgan fingerprint density at radius 1 is 1.50 bits per heavy atom. The molecule has 2 N–H and O–H groups in total. The molecule has 20 heavy (non-hydrogen) atoms. The van der Waals surface area contributed by atoms with Crippen LogP contribution >= 0.6 is 0 Å². The van der Waals surface area contributed by atoms with Gasteiger partial charge in [-0.05, 0) is 50.6 Å². The molecule has 4 nitrogen and oxygen atoms in total. The molecule has 0 aromatic heterocycles. The van der Waals surface area contributed by atoms with Crippen LogP contribution in [0.3, 0.4) is 0 Å². The van der Waals surface area contributed by atoms with Crippen molar-refractivity contribution in [3.63, 3.8) is 0 Å². The number of nitrogens with two attached hydrogens (primary N) is 1. The summed E-state index contributed by atoms with van der Waals surface area (Å²) < 4.78 is 0. The first-order valence-corrected chi connectivity index (χ1v) is 7.35. The molecule has 0 radical (unpaired) electrons. The Labute approximate surface area is 121 Å². The SMILES string of the molecule is CN1CCCC(N(C)C(=O)CCc2cccc(N)c2)C1. The number of carbonyl (C=O) groups excluding carboxylic acids is 1. The molecule has 4 heteroatoms. The molecule has 110 valence electrons. The molecule has 0 aliphatic carbocycles. The zero-order valence-corrected chi connectivity index (χ0v) is 12.5. The number of amides is 1. The van der Waals surface area contributed by atoms with Gasteiger partial charge in [0.25, 0.3) is 0 Å². The van der Waals surface area contributed by atoms with Gasteiger partial charge in [-0.25, -0.2) is 0 Å². The predicted octanol–water partition coefficient (Wildman–Crippen LogP) is 1.75. The van der Waals surface area contributed by atoms with Crippen molar-refractivity contribution >= 4 is 11.6 Å². The summed E-state index contributed by atoms with van der Waals surface area (Å²) in [5, 5.41) is 0. The van der Waals surface area contributed by atoms with E-state index in [9.17, 15) is 4.79 Å². The van der Waals surface area contributed by atoms with Crippen LogP contribution in [0.4, 0.5) is 5.69 Å². The predicted molar refractivity (Wildman–Crippen MR) is 82.5 cm³/mol. The third-order valence-electron chi connectivity index (χ3n) is 4.12. The van der Waals surface area contributed by atoms with Crippen LogP contribution in [-0.2, 0) is 11.2 Å². The van der Waals surface area contributed by atoms with E-state index in [4.69, 9.17) is 5.73 Å². The molecule has 1 fully saturated rings. The van der Waals surface area contributed by atoms with Crippen LogP contribution in [0, 0.1) is 0 Å². The number of rotatable bonds is 4. The van der Waals surface area contributed by atoms with Crippen LogP contribution in [-0.4, -0.2) is 48.9 Å². The molecule has 1 aromatic carbocycles. The highest BCUT2D eigenvalue weighted by Crippen LogP contribution is 2.15. The van der Waals surface area contributed by atoms with E-state index in [1.54, 1.807) is 0 Å². The molecule has 0 spiro atoms. The first kappa shape index (κ1) is 14.9. The van der Waals surface area contributed by atoms with E-state index < -0.39 is 0 Å². The molecular weight excluding hydrogens is 250 g/mol. The average molecular weight is 275 g/mol. The van der Waals surface area contributed by atoms with Gasteiger partial charge >= 0.3 is 0 Å². The van der Waals surface area contributed by atoms with Crippen LogP contribution in [0.1, 0.15) is 24.8 Å². The Balaban J connectivity index is 1.84. The van der Waals surface area contributed by atoms with E-state index in [1.165, 1.54) is 6.42 Å². The number of hydrogen-bond acceptors (Lipinski definition) is 3. The highest BCUT2D eigenvalue weighted by atomic mass is 16.2. The summed E-state index contributed by atoms with van der Waals surface area (Å²) in [7, 11) is 4.06. The number of anilines is 1. The van der Waals surface area contributed by atoms with Crippen LogP contribution < -0.4 is 5.73 Å². The van der Waals surface area contributed by atoms with Crippen molar-refractivity contribution in [1.29, 1.82) is 0 Å². The fourth-order valence-electron chi connectivity index (χ4n) is 2.84. The summed E-state index contributed by atoms with van der Waals surface area (Å²) in [5.74, 6) is 0.229. The first-order valence-electron chi connectivity index (χ1n) is 7.35. The number of carbonyl (C=O) groups is 1. The normalized spacial score (nSPS) is 19.8. The van der Waals surface area contributed by atoms with Crippen molar-refractivity contribution in [3.05, 3.63) is 29.8 Å². The van der Waals surface area contributed by atoms with Gasteiger partial charge in [-0.15, -0.1) is 0 Å². The highest BCUT2D eigenvalue weighted by Gasteiger charge is 2.23. The Hall–Kier alpha value is -1.55. The van der Waals surface area contributed by atoms with Crippen molar-refractivity contribution < 1.29 is 4.79 Å². The first-order chi connectivity index (χ1) is 9.56. The summed E-state index contributed by atoms with van der Waals surface area (Å²) in [6.45, 7) is 2.13. The Kier molecular flexibility index (Phi) is 5.01. The monoisotopic (exact) mass is 275 g/mol. The third kappa shape index (κ3) is 3.97. The van der Waals surface area contributed by atoms with Gasteiger partial charge in [-0.3, -0.25) is 4.79 Å². The molecule has 1 aliphatic rings. The molecule has 0 bridgehead atoms. The van der Waals surface area contributed by atoms with E-state index >= 15 is 0 Å². The van der Waals surface area contributed by atoms with E-state index in [2.05, 4.69) is 11.9 Å². The fraction of sp³-hybridized carbons (Fsp3) is 0.562. The van der Waals surface area contributed by atoms with Gasteiger partial charge in [0.05, 0.1) is 0 Å². The lowest BCUT2D eigenvalue weighted by atomic mass is 10.0. The average Bonchev–Trinajstić information content (AvgIpc) is 2.44. The minimum Gasteiger partial charge on any atom is -0.399 e. The topological polar surface area (TPSA) is 49.6 Å². The van der Waals surface area contributed by atoms with Crippen molar-refractivity contribution in [2.24, 2.45) is 0 Å². The zero-order chi connectivity index (χ0) is 14.5. The number of nitrogens with zero attached hydrogens (tertiary/aromatic N) is 2. The molecule has 0 saturated carbocycles. The molecule has 1 aliphatic heterocycles. The van der Waals surface area contributed by atoms with E-state index in [0.717, 1.165) is 37.2 Å². The summed E-state index contributed by atoms with van der Waals surface area (Å²) in [6.07, 6.45) is 3.61. The maximum absolute atomic E-state index is 12.3. The van der Waals surface area contributed by atoms with Gasteiger partial charge in [-0.2, -0.15) is 0 Å². The number of likely N-dealkylation sites (tertiary alicyclic amines) is 1. The second-order valence-corrected chi connectivity index (χ2v) is 5.81. The Morgan fingerprint density at radius 3 is 3.00 bits per heavy atom. The Bertz CT molecular complexity index is 461. The lowest BCUT2D eigenvalue weighted by Crippen LogP contribution is -2.47. The zero-order valence-electron chi connectivity index (χ0n) is 12.5. The van der Waals surface area contributed by atoms with E-state index in [0.29, 0.717) is 12.5 Å². The number of nitrogen functional groups attached to an aromatic ring is 1.